The van der Waals surface area contributed by atoms with Gasteiger partial charge >= 0.3 is 0 Å². The van der Waals surface area contributed by atoms with Crippen LogP contribution in [0.2, 0.25) is 0 Å². The van der Waals surface area contributed by atoms with Crippen molar-refractivity contribution in [2.45, 2.75) is 119 Å². The van der Waals surface area contributed by atoms with Gasteiger partial charge in [-0.3, -0.25) is 24.3 Å². The van der Waals surface area contributed by atoms with Crippen LogP contribution >= 0.6 is 11.3 Å². The van der Waals surface area contributed by atoms with Crippen molar-refractivity contribution in [3.8, 4) is 16.3 Å². The summed E-state index contributed by atoms with van der Waals surface area (Å²) in [4.78, 5) is 42.9. The van der Waals surface area contributed by atoms with Crippen molar-refractivity contribution in [3.05, 3.63) is 100 Å². The Kier molecular flexibility index (Phi) is 29.7. The van der Waals surface area contributed by atoms with Gasteiger partial charge in [-0.2, -0.15) is 0 Å². The van der Waals surface area contributed by atoms with Crippen LogP contribution in [0.1, 0.15) is 104 Å². The fourth-order valence-electron chi connectivity index (χ4n) is 5.61. The third-order valence-corrected chi connectivity index (χ3v) is 11.1. The molecule has 1 aliphatic carbocycles. The summed E-state index contributed by atoms with van der Waals surface area (Å²) in [7, 11) is 1.71. The van der Waals surface area contributed by atoms with E-state index in [2.05, 4.69) is 82.9 Å². The van der Waals surface area contributed by atoms with Crippen LogP contribution in [-0.4, -0.2) is 97.7 Å². The number of hydrogen-bond donors (Lipinski definition) is 3. The number of carbonyl (C=O) groups excluding carboxylic acids is 3. The van der Waals surface area contributed by atoms with Gasteiger partial charge in [0.1, 0.15) is 12.4 Å². The van der Waals surface area contributed by atoms with Gasteiger partial charge in [-0.15, -0.1) is 17.0 Å². The first-order valence-corrected chi connectivity index (χ1v) is 23.4. The van der Waals surface area contributed by atoms with Crippen LogP contribution in [-0.2, 0) is 63.1 Å². The first kappa shape index (κ1) is 60.0. The predicted octanol–water partition coefficient (Wildman–Crippen LogP) is 9.86. The molecule has 1 radical (unpaired) electrons. The molecule has 1 unspecified atom stereocenters. The number of hydrogen-bond acceptors (Lipinski definition) is 11. The Labute approximate surface area is 423 Å². The van der Waals surface area contributed by atoms with Crippen molar-refractivity contribution >= 4 is 41.6 Å². The van der Waals surface area contributed by atoms with E-state index in [1.807, 2.05) is 54.7 Å². The molecule has 13 nitrogen and oxygen atoms in total. The van der Waals surface area contributed by atoms with Crippen molar-refractivity contribution in [2.75, 3.05) is 46.4 Å². The van der Waals surface area contributed by atoms with Crippen LogP contribution in [0.3, 0.4) is 0 Å². The van der Waals surface area contributed by atoms with Gasteiger partial charge in [0.25, 0.3) is 6.47 Å². The van der Waals surface area contributed by atoms with Crippen LogP contribution in [0.15, 0.2) is 73.1 Å². The van der Waals surface area contributed by atoms with Gasteiger partial charge in [0.05, 0.1) is 27.6 Å². The Balaban J connectivity index is 0.000000825. The van der Waals surface area contributed by atoms with Crippen LogP contribution in [0.5, 0.6) is 5.75 Å². The second-order valence-corrected chi connectivity index (χ2v) is 18.1. The third-order valence-electron chi connectivity index (χ3n) is 9.85. The fraction of sp³-hybridized carbons (Fsp3) is 0.520. The topological polar surface area (TPSA) is 148 Å². The molecule has 1 saturated carbocycles. The Morgan fingerprint density at radius 2 is 1.73 bits per heavy atom. The molecule has 3 aromatic rings. The number of nitrogens with one attached hydrogen (secondary N) is 3. The average Bonchev–Trinajstić information content (AvgIpc) is 4.03. The zero-order valence-electron chi connectivity index (χ0n) is 41.2. The molecule has 1 atom stereocenters. The second-order valence-electron chi connectivity index (χ2n) is 17.1. The number of halogens is 1. The molecule has 2 fully saturated rings. The van der Waals surface area contributed by atoms with E-state index >= 15 is 0 Å². The molecule has 2 aromatic heterocycles. The van der Waals surface area contributed by atoms with Crippen molar-refractivity contribution in [3.63, 3.8) is 0 Å². The first-order valence-electron chi connectivity index (χ1n) is 22.6. The van der Waals surface area contributed by atoms with Gasteiger partial charge in [0.15, 0.2) is 11.6 Å². The molecule has 16 heteroatoms. The normalized spacial score (nSPS) is 14.3. The number of amides is 2. The third kappa shape index (κ3) is 23.6. The molecule has 1 aromatic carbocycles. The molecule has 3 N–H and O–H groups in total. The minimum atomic E-state index is -0.475. The number of rotatable bonds is 20. The summed E-state index contributed by atoms with van der Waals surface area (Å²) < 4.78 is 30.9. The Bertz CT molecular complexity index is 1940. The standard InChI is InChI=1S/C34H39FN5O3S.C8H16N2O2.C5H12O.C3H8.Y/c1-4-6-28(22-42-23-41)40-16-14-39(15-17-40)21-25-8-12-30(36-20-25)33-18-24(3)34(44-33)32(7-5-2)43-31-13-11-27(19-29(31)35)38-37-26-9-10-26;1-6(2)7(3)10-8(12)4-9-5-11;1-5(2,3)6-4;1-3-2;/h5-8,11-13,18-20,23,26,37H,2,4,9-10,14-17,21-22H2,1,3H3;5-7H,4H2,1-3H3,(H,9,11)(H,10,12);1-4H3;3H2,1-2H3;/q-1;;;;/b28-6+,32-7+;;;;. The monoisotopic (exact) mass is 1010 g/mol. The van der Waals surface area contributed by atoms with Gasteiger partial charge < -0.3 is 40.6 Å². The van der Waals surface area contributed by atoms with Crippen LogP contribution in [0, 0.1) is 18.7 Å². The summed E-state index contributed by atoms with van der Waals surface area (Å²) >= 11 is 1.55. The zero-order chi connectivity index (χ0) is 48.4. The van der Waals surface area contributed by atoms with Crippen molar-refractivity contribution < 1.29 is 65.7 Å². The minimum absolute atomic E-state index is 0. The number of ether oxygens (including phenoxy) is 3. The smallest absolute Gasteiger partial charge is 0.293 e. The van der Waals surface area contributed by atoms with E-state index in [9.17, 15) is 18.8 Å². The number of aryl methyl sites for hydroxylation is 1. The average molecular weight is 1010 g/mol. The van der Waals surface area contributed by atoms with E-state index in [0.717, 1.165) is 84.3 Å². The first-order chi connectivity index (χ1) is 31.0. The molecule has 2 amide bonds. The van der Waals surface area contributed by atoms with Gasteiger partial charge in [0.2, 0.25) is 12.3 Å². The number of nitrogens with zero attached hydrogens (tertiary/aromatic N) is 4. The molecule has 363 valence electrons. The van der Waals surface area contributed by atoms with Crippen LogP contribution < -0.4 is 20.8 Å². The number of carbonyl (C=O) groups is 3. The van der Waals surface area contributed by atoms with Gasteiger partial charge in [0, 0.05) is 90.5 Å². The van der Waals surface area contributed by atoms with E-state index < -0.39 is 5.82 Å². The summed E-state index contributed by atoms with van der Waals surface area (Å²) in [6, 6.07) is 11.5. The summed E-state index contributed by atoms with van der Waals surface area (Å²) in [6.45, 7) is 29.6. The number of pyridine rings is 1. The van der Waals surface area contributed by atoms with Crippen molar-refractivity contribution in [1.82, 2.24) is 30.8 Å². The quantitative estimate of drug-likeness (QED) is 0.0433. The van der Waals surface area contributed by atoms with Gasteiger partial charge in [-0.1, -0.05) is 71.9 Å². The van der Waals surface area contributed by atoms with Crippen molar-refractivity contribution in [1.29, 1.82) is 0 Å². The SMILES string of the molecule is C=C/C=C(/Oc1ccc([N-]NC2CC2)cc1F)c1sc(-c2ccc(CN3CCN(/C(=C/CC)COC=O)CC3)cn2)cc1C.CC(C)C(C)NC(=O)CNC=O.CCC.COC(C)(C)C.[Y]. The largest absolute Gasteiger partial charge is 0.622 e. The number of piperazine rings is 1. The second kappa shape index (κ2) is 32.7. The summed E-state index contributed by atoms with van der Waals surface area (Å²) in [5.41, 5.74) is 12.0. The molecular formula is C50H75FN7O6SY-. The maximum absolute atomic E-state index is 14.9. The maximum Gasteiger partial charge on any atom is 0.293 e. The number of aromatic nitrogens is 1. The number of allylic oxidation sites excluding steroid dienone is 3. The predicted molar refractivity (Wildman–Crippen MR) is 263 cm³/mol. The molecule has 1 saturated heterocycles. The zero-order valence-corrected chi connectivity index (χ0v) is 44.9. The summed E-state index contributed by atoms with van der Waals surface area (Å²) in [5.74, 6) is 0.442. The van der Waals surface area contributed by atoms with E-state index in [0.29, 0.717) is 42.9 Å². The molecular weight excluding hydrogens is 935 g/mol. The van der Waals surface area contributed by atoms with E-state index in [1.54, 1.807) is 42.7 Å². The Hall–Kier alpha value is -3.99. The minimum Gasteiger partial charge on any atom is -0.622 e. The van der Waals surface area contributed by atoms with Gasteiger partial charge in [-0.05, 0) is 107 Å². The van der Waals surface area contributed by atoms with Crippen LogP contribution in [0.4, 0.5) is 10.1 Å². The molecule has 66 heavy (non-hydrogen) atoms. The van der Waals surface area contributed by atoms with Crippen LogP contribution in [0.25, 0.3) is 21.8 Å². The molecule has 2 aliphatic rings. The van der Waals surface area contributed by atoms with E-state index in [4.69, 9.17) is 19.2 Å². The Morgan fingerprint density at radius 3 is 2.24 bits per heavy atom. The molecule has 0 spiro atoms. The van der Waals surface area contributed by atoms with Gasteiger partial charge in [-0.25, -0.2) is 4.39 Å². The molecule has 0 bridgehead atoms. The van der Waals surface area contributed by atoms with Crippen molar-refractivity contribution in [2.24, 2.45) is 5.92 Å². The van der Waals surface area contributed by atoms with E-state index in [1.165, 1.54) is 12.5 Å². The number of methoxy groups -OCH3 is 1. The Morgan fingerprint density at radius 1 is 1.06 bits per heavy atom. The molecule has 3 heterocycles. The van der Waals surface area contributed by atoms with E-state index in [-0.39, 0.29) is 62.6 Å². The maximum atomic E-state index is 14.9. The number of thiophene rings is 1. The summed E-state index contributed by atoms with van der Waals surface area (Å²) in [5, 5.41) is 5.05. The summed E-state index contributed by atoms with van der Waals surface area (Å²) in [6.07, 6.45) is 12.3. The molecule has 1 aliphatic heterocycles. The fourth-order valence-corrected chi connectivity index (χ4v) is 6.72. The number of benzene rings is 1. The molecule has 5 rings (SSSR count).